The van der Waals surface area contributed by atoms with E-state index in [2.05, 4.69) is 79.8 Å². The van der Waals surface area contributed by atoms with Crippen LogP contribution in [0.25, 0.3) is 16.6 Å². The van der Waals surface area contributed by atoms with Gasteiger partial charge in [-0.05, 0) is 89.6 Å². The molecule has 0 radical (unpaired) electrons. The summed E-state index contributed by atoms with van der Waals surface area (Å²) in [5.74, 6) is 0.482. The topological polar surface area (TPSA) is 59.0 Å². The summed E-state index contributed by atoms with van der Waals surface area (Å²) in [6.45, 7) is 9.52. The van der Waals surface area contributed by atoms with Gasteiger partial charge >= 0.3 is 6.03 Å². The quantitative estimate of drug-likeness (QED) is 0.260. The molecular weight excluding hydrogens is 475 g/mol. The highest BCUT2D eigenvalue weighted by Crippen LogP contribution is 2.41. The van der Waals surface area contributed by atoms with Crippen LogP contribution >= 0.6 is 0 Å². The van der Waals surface area contributed by atoms with E-state index in [0.29, 0.717) is 12.5 Å². The van der Waals surface area contributed by atoms with Gasteiger partial charge in [0.1, 0.15) is 5.82 Å². The molecular formula is C32H37FN4O. The first kappa shape index (κ1) is 26.0. The highest BCUT2D eigenvalue weighted by molar-refractivity contribution is 5.81. The molecule has 198 valence electrons. The Morgan fingerprint density at radius 1 is 1.11 bits per heavy atom. The Kier molecular flexibility index (Phi) is 7.24. The summed E-state index contributed by atoms with van der Waals surface area (Å²) in [5, 5.41) is 12.0. The molecule has 1 heterocycles. The Bertz CT molecular complexity index is 1420. The van der Waals surface area contributed by atoms with E-state index in [9.17, 15) is 9.18 Å². The van der Waals surface area contributed by atoms with Crippen molar-refractivity contribution < 1.29 is 9.18 Å². The van der Waals surface area contributed by atoms with Gasteiger partial charge in [0.25, 0.3) is 0 Å². The van der Waals surface area contributed by atoms with E-state index in [1.165, 1.54) is 28.8 Å². The number of amides is 2. The maximum absolute atomic E-state index is 13.4. The van der Waals surface area contributed by atoms with Gasteiger partial charge < -0.3 is 10.6 Å². The van der Waals surface area contributed by atoms with Gasteiger partial charge in [0.05, 0.1) is 23.4 Å². The first-order chi connectivity index (χ1) is 18.2. The van der Waals surface area contributed by atoms with E-state index in [4.69, 9.17) is 0 Å². The molecule has 5 nitrogen and oxygen atoms in total. The molecule has 0 fully saturated rings. The Morgan fingerprint density at radius 2 is 1.87 bits per heavy atom. The molecule has 1 aliphatic rings. The lowest BCUT2D eigenvalue weighted by Crippen LogP contribution is -2.43. The second-order valence-electron chi connectivity index (χ2n) is 11.6. The van der Waals surface area contributed by atoms with Crippen molar-refractivity contribution in [2.45, 2.75) is 58.9 Å². The Labute approximate surface area is 224 Å². The smallest absolute Gasteiger partial charge is 0.315 e. The van der Waals surface area contributed by atoms with Gasteiger partial charge in [-0.2, -0.15) is 5.10 Å². The fraction of sp³-hybridized carbons (Fsp3) is 0.375. The summed E-state index contributed by atoms with van der Waals surface area (Å²) in [7, 11) is 0. The maximum atomic E-state index is 13.4. The highest BCUT2D eigenvalue weighted by atomic mass is 19.1. The number of nitrogens with zero attached hydrogens (tertiary/aromatic N) is 2. The molecule has 2 amide bonds. The zero-order chi connectivity index (χ0) is 26.9. The van der Waals surface area contributed by atoms with Crippen LogP contribution in [-0.2, 0) is 6.42 Å². The summed E-state index contributed by atoms with van der Waals surface area (Å²) in [5.41, 5.74) is 5.43. The average Bonchev–Trinajstić information content (AvgIpc) is 3.50. The molecule has 2 atom stereocenters. The van der Waals surface area contributed by atoms with Crippen LogP contribution in [0.15, 0.2) is 72.9 Å². The van der Waals surface area contributed by atoms with E-state index in [0.717, 1.165) is 35.9 Å². The number of aromatic nitrogens is 2. The molecule has 0 spiro atoms. The minimum Gasteiger partial charge on any atom is -0.338 e. The predicted molar refractivity (Wildman–Crippen MR) is 151 cm³/mol. The number of hydrogen-bond acceptors (Lipinski definition) is 2. The van der Waals surface area contributed by atoms with E-state index >= 15 is 0 Å². The molecule has 0 saturated heterocycles. The lowest BCUT2D eigenvalue weighted by molar-refractivity contribution is 0.215. The molecule has 0 bridgehead atoms. The van der Waals surface area contributed by atoms with Crippen molar-refractivity contribution in [3.63, 3.8) is 0 Å². The second kappa shape index (κ2) is 10.6. The van der Waals surface area contributed by atoms with E-state index in [1.54, 1.807) is 12.1 Å². The molecule has 2 N–H and O–H groups in total. The number of carbonyl (C=O) groups excluding carboxylic acids is 1. The molecule has 4 aromatic rings. The van der Waals surface area contributed by atoms with Crippen LogP contribution in [0.1, 0.15) is 69.2 Å². The zero-order valence-electron chi connectivity index (χ0n) is 22.7. The van der Waals surface area contributed by atoms with Crippen LogP contribution in [0, 0.1) is 17.2 Å². The van der Waals surface area contributed by atoms with Gasteiger partial charge in [-0.25, -0.2) is 13.9 Å². The monoisotopic (exact) mass is 512 g/mol. The Morgan fingerprint density at radius 3 is 2.63 bits per heavy atom. The van der Waals surface area contributed by atoms with Crippen molar-refractivity contribution in [1.29, 1.82) is 0 Å². The average molecular weight is 513 g/mol. The van der Waals surface area contributed by atoms with Crippen molar-refractivity contribution in [2.75, 3.05) is 6.54 Å². The molecule has 0 saturated carbocycles. The van der Waals surface area contributed by atoms with Crippen molar-refractivity contribution in [2.24, 2.45) is 11.3 Å². The van der Waals surface area contributed by atoms with E-state index in [-0.39, 0.29) is 29.2 Å². The van der Waals surface area contributed by atoms with Gasteiger partial charge in [0.15, 0.2) is 0 Å². The molecule has 1 aromatic heterocycles. The van der Waals surface area contributed by atoms with Crippen LogP contribution < -0.4 is 10.6 Å². The number of rotatable bonds is 8. The fourth-order valence-corrected chi connectivity index (χ4v) is 5.78. The third-order valence-corrected chi connectivity index (χ3v) is 7.86. The molecule has 1 unspecified atom stereocenters. The normalized spacial score (nSPS) is 16.0. The summed E-state index contributed by atoms with van der Waals surface area (Å²) in [6, 6.07) is 21.2. The van der Waals surface area contributed by atoms with Crippen LogP contribution in [0.5, 0.6) is 0 Å². The van der Waals surface area contributed by atoms with Crippen LogP contribution in [-0.4, -0.2) is 22.4 Å². The molecule has 0 aliphatic heterocycles. The third-order valence-electron chi connectivity index (χ3n) is 7.86. The number of aryl methyl sites for hydroxylation is 1. The molecule has 1 aliphatic carbocycles. The Balaban J connectivity index is 1.32. The van der Waals surface area contributed by atoms with Gasteiger partial charge in [0.2, 0.25) is 0 Å². The third kappa shape index (κ3) is 5.45. The minimum absolute atomic E-state index is 0.0702. The number of halogens is 1. The van der Waals surface area contributed by atoms with Crippen molar-refractivity contribution >= 4 is 16.9 Å². The van der Waals surface area contributed by atoms with Crippen LogP contribution in [0.4, 0.5) is 9.18 Å². The standard InChI is InChI=1S/C32H37FN4O/c1-21(2)17-28(23-10-16-30-24(18-23)19-35-37(30)26-13-11-25(33)12-14-26)32(3,4)20-34-31(38)36-29-15-9-22-7-5-6-8-27(22)29/h5-8,10-14,16,18-19,21,28-29H,9,15,17,20H2,1-4H3,(H2,34,36,38)/t28?,29-/m1/s1. The van der Waals surface area contributed by atoms with E-state index in [1.807, 2.05) is 16.9 Å². The number of hydrogen-bond donors (Lipinski definition) is 2. The Hall–Kier alpha value is -3.67. The fourth-order valence-electron chi connectivity index (χ4n) is 5.78. The van der Waals surface area contributed by atoms with Gasteiger partial charge in [-0.15, -0.1) is 0 Å². The van der Waals surface area contributed by atoms with Gasteiger partial charge in [0, 0.05) is 11.9 Å². The lowest BCUT2D eigenvalue weighted by atomic mass is 9.71. The molecule has 38 heavy (non-hydrogen) atoms. The summed E-state index contributed by atoms with van der Waals surface area (Å²) in [6.07, 6.45) is 4.82. The summed E-state index contributed by atoms with van der Waals surface area (Å²) in [4.78, 5) is 12.9. The molecule has 5 rings (SSSR count). The zero-order valence-corrected chi connectivity index (χ0v) is 22.7. The summed E-state index contributed by atoms with van der Waals surface area (Å²) >= 11 is 0. The number of fused-ring (bicyclic) bond motifs is 2. The van der Waals surface area contributed by atoms with Gasteiger partial charge in [-0.1, -0.05) is 58.0 Å². The van der Waals surface area contributed by atoms with Gasteiger partial charge in [-0.3, -0.25) is 0 Å². The molecule has 3 aromatic carbocycles. The van der Waals surface area contributed by atoms with E-state index < -0.39 is 0 Å². The number of urea groups is 1. The SMILES string of the molecule is CC(C)CC(c1ccc2c(cnn2-c2ccc(F)cc2)c1)C(C)(C)CNC(=O)N[C@@H]1CCc2ccccc21. The van der Waals surface area contributed by atoms with Crippen LogP contribution in [0.2, 0.25) is 0 Å². The molecule has 6 heteroatoms. The second-order valence-corrected chi connectivity index (χ2v) is 11.6. The maximum Gasteiger partial charge on any atom is 0.315 e. The van der Waals surface area contributed by atoms with Crippen LogP contribution in [0.3, 0.4) is 0 Å². The van der Waals surface area contributed by atoms with Crippen molar-refractivity contribution in [1.82, 2.24) is 20.4 Å². The summed E-state index contributed by atoms with van der Waals surface area (Å²) < 4.78 is 15.3. The number of carbonyl (C=O) groups is 1. The van der Waals surface area contributed by atoms with Crippen molar-refractivity contribution in [3.05, 3.63) is 95.4 Å². The lowest BCUT2D eigenvalue weighted by Gasteiger charge is -2.36. The minimum atomic E-state index is -0.262. The number of benzene rings is 3. The first-order valence-electron chi connectivity index (χ1n) is 13.6. The first-order valence-corrected chi connectivity index (χ1v) is 13.6. The number of nitrogens with one attached hydrogen (secondary N) is 2. The highest BCUT2D eigenvalue weighted by Gasteiger charge is 2.33. The predicted octanol–water partition coefficient (Wildman–Crippen LogP) is 7.31. The van der Waals surface area contributed by atoms with Crippen molar-refractivity contribution in [3.8, 4) is 5.69 Å². The largest absolute Gasteiger partial charge is 0.338 e.